The van der Waals surface area contributed by atoms with Crippen LogP contribution in [0.3, 0.4) is 0 Å². The van der Waals surface area contributed by atoms with E-state index in [0.29, 0.717) is 18.6 Å². The first-order chi connectivity index (χ1) is 8.43. The second-order valence-electron chi connectivity index (χ2n) is 4.18. The van der Waals surface area contributed by atoms with Gasteiger partial charge in [0.05, 0.1) is 12.5 Å². The highest BCUT2D eigenvalue weighted by atomic mass is 19.4. The third-order valence-electron chi connectivity index (χ3n) is 2.88. The van der Waals surface area contributed by atoms with Gasteiger partial charge in [-0.25, -0.2) is 0 Å². The standard InChI is InChI=1S/C12H12F3NO2/c1-2-18-11(17)9-5-8(9)7-3-4-10(16-6-7)12(13,14)15/h3-4,6,8-9H,2,5H2,1H3. The number of nitrogens with zero attached hydrogens (tertiary/aromatic N) is 1. The van der Waals surface area contributed by atoms with Crippen molar-refractivity contribution < 1.29 is 22.7 Å². The fraction of sp³-hybridized carbons (Fsp3) is 0.500. The Hall–Kier alpha value is -1.59. The minimum absolute atomic E-state index is 0.0566. The number of halogens is 3. The summed E-state index contributed by atoms with van der Waals surface area (Å²) in [5.74, 6) is -0.579. The van der Waals surface area contributed by atoms with E-state index in [1.54, 1.807) is 6.92 Å². The lowest BCUT2D eigenvalue weighted by atomic mass is 10.1. The molecule has 0 aromatic carbocycles. The fourth-order valence-corrected chi connectivity index (χ4v) is 1.87. The molecule has 3 nitrogen and oxygen atoms in total. The van der Waals surface area contributed by atoms with Crippen LogP contribution in [0.4, 0.5) is 13.2 Å². The minimum Gasteiger partial charge on any atom is -0.466 e. The molecule has 2 rings (SSSR count). The summed E-state index contributed by atoms with van der Waals surface area (Å²) in [5.41, 5.74) is -0.263. The number of aromatic nitrogens is 1. The molecule has 98 valence electrons. The van der Waals surface area contributed by atoms with E-state index in [4.69, 9.17) is 4.74 Å². The Kier molecular flexibility index (Phi) is 3.28. The van der Waals surface area contributed by atoms with Crippen molar-refractivity contribution >= 4 is 5.97 Å². The van der Waals surface area contributed by atoms with Gasteiger partial charge in [-0.15, -0.1) is 0 Å². The maximum absolute atomic E-state index is 12.3. The zero-order valence-corrected chi connectivity index (χ0v) is 9.70. The number of ether oxygens (including phenoxy) is 1. The fourth-order valence-electron chi connectivity index (χ4n) is 1.87. The van der Waals surface area contributed by atoms with Gasteiger partial charge >= 0.3 is 12.1 Å². The maximum Gasteiger partial charge on any atom is 0.433 e. The largest absolute Gasteiger partial charge is 0.466 e. The molecular formula is C12H12F3NO2. The van der Waals surface area contributed by atoms with E-state index in [0.717, 1.165) is 6.07 Å². The summed E-state index contributed by atoms with van der Waals surface area (Å²) in [7, 11) is 0. The van der Waals surface area contributed by atoms with Crippen LogP contribution in [0.2, 0.25) is 0 Å². The van der Waals surface area contributed by atoms with E-state index in [1.807, 2.05) is 0 Å². The average molecular weight is 259 g/mol. The van der Waals surface area contributed by atoms with Crippen molar-refractivity contribution in [2.45, 2.75) is 25.4 Å². The number of alkyl halides is 3. The molecule has 0 spiro atoms. The molecule has 0 radical (unpaired) electrons. The van der Waals surface area contributed by atoms with Crippen LogP contribution in [0, 0.1) is 5.92 Å². The number of hydrogen-bond acceptors (Lipinski definition) is 3. The molecule has 18 heavy (non-hydrogen) atoms. The Labute approximate surface area is 102 Å². The molecule has 1 aromatic rings. The lowest BCUT2D eigenvalue weighted by Gasteiger charge is -2.06. The summed E-state index contributed by atoms with van der Waals surface area (Å²) in [5, 5.41) is 0. The van der Waals surface area contributed by atoms with Gasteiger partial charge in [0.15, 0.2) is 0 Å². The first-order valence-electron chi connectivity index (χ1n) is 5.63. The zero-order valence-electron chi connectivity index (χ0n) is 9.70. The first-order valence-corrected chi connectivity index (χ1v) is 5.63. The molecule has 0 bridgehead atoms. The molecule has 1 aromatic heterocycles. The van der Waals surface area contributed by atoms with E-state index >= 15 is 0 Å². The monoisotopic (exact) mass is 259 g/mol. The topological polar surface area (TPSA) is 39.2 Å². The third kappa shape index (κ3) is 2.63. The van der Waals surface area contributed by atoms with Gasteiger partial charge in [-0.05, 0) is 30.9 Å². The molecule has 1 fully saturated rings. The smallest absolute Gasteiger partial charge is 0.433 e. The lowest BCUT2D eigenvalue weighted by molar-refractivity contribution is -0.145. The molecule has 0 aliphatic heterocycles. The molecule has 0 N–H and O–H groups in total. The summed E-state index contributed by atoms with van der Waals surface area (Å²) >= 11 is 0. The summed E-state index contributed by atoms with van der Waals surface area (Å²) in [6.45, 7) is 2.03. The van der Waals surface area contributed by atoms with Gasteiger partial charge in [-0.3, -0.25) is 9.78 Å². The van der Waals surface area contributed by atoms with Gasteiger partial charge in [0, 0.05) is 6.20 Å². The zero-order chi connectivity index (χ0) is 13.3. The van der Waals surface area contributed by atoms with E-state index in [1.165, 1.54) is 12.3 Å². The van der Waals surface area contributed by atoms with Gasteiger partial charge in [0.1, 0.15) is 5.69 Å². The Balaban J connectivity index is 2.03. The first kappa shape index (κ1) is 12.9. The van der Waals surface area contributed by atoms with Crippen LogP contribution in [-0.2, 0) is 15.7 Å². The van der Waals surface area contributed by atoms with Gasteiger partial charge in [-0.1, -0.05) is 6.07 Å². The highest BCUT2D eigenvalue weighted by molar-refractivity contribution is 5.77. The molecule has 0 amide bonds. The summed E-state index contributed by atoms with van der Waals surface area (Å²) < 4.78 is 41.8. The molecular weight excluding hydrogens is 247 g/mol. The van der Waals surface area contributed by atoms with Crippen LogP contribution < -0.4 is 0 Å². The number of hydrogen-bond donors (Lipinski definition) is 0. The molecule has 2 atom stereocenters. The molecule has 1 saturated carbocycles. The molecule has 1 aliphatic carbocycles. The van der Waals surface area contributed by atoms with E-state index < -0.39 is 11.9 Å². The van der Waals surface area contributed by atoms with Gasteiger partial charge in [0.2, 0.25) is 0 Å². The normalized spacial score (nSPS) is 22.7. The minimum atomic E-state index is -4.43. The highest BCUT2D eigenvalue weighted by Crippen LogP contribution is 2.48. The van der Waals surface area contributed by atoms with Crippen LogP contribution in [0.5, 0.6) is 0 Å². The highest BCUT2D eigenvalue weighted by Gasteiger charge is 2.45. The third-order valence-corrected chi connectivity index (χ3v) is 2.88. The molecule has 2 unspecified atom stereocenters. The van der Waals surface area contributed by atoms with Crippen molar-refractivity contribution in [1.29, 1.82) is 0 Å². The average Bonchev–Trinajstić information content (AvgIpc) is 3.08. The second kappa shape index (κ2) is 4.59. The van der Waals surface area contributed by atoms with Crippen molar-refractivity contribution in [2.24, 2.45) is 5.92 Å². The lowest BCUT2D eigenvalue weighted by Crippen LogP contribution is -2.09. The summed E-state index contributed by atoms with van der Waals surface area (Å²) in [4.78, 5) is 14.8. The van der Waals surface area contributed by atoms with Crippen molar-refractivity contribution in [3.63, 3.8) is 0 Å². The summed E-state index contributed by atoms with van der Waals surface area (Å²) in [6, 6.07) is 2.32. The quantitative estimate of drug-likeness (QED) is 0.783. The molecule has 6 heteroatoms. The van der Waals surface area contributed by atoms with Crippen LogP contribution in [0.15, 0.2) is 18.3 Å². The predicted octanol–water partition coefficient (Wildman–Crippen LogP) is 2.77. The van der Waals surface area contributed by atoms with Crippen LogP contribution in [-0.4, -0.2) is 17.6 Å². The maximum atomic E-state index is 12.3. The molecule has 1 aliphatic rings. The SMILES string of the molecule is CCOC(=O)C1CC1c1ccc(C(F)(F)F)nc1. The Morgan fingerprint density at radius 3 is 2.72 bits per heavy atom. The predicted molar refractivity (Wildman–Crippen MR) is 56.7 cm³/mol. The van der Waals surface area contributed by atoms with Gasteiger partial charge < -0.3 is 4.74 Å². The Bertz CT molecular complexity index is 442. The van der Waals surface area contributed by atoms with Crippen LogP contribution >= 0.6 is 0 Å². The number of rotatable bonds is 3. The van der Waals surface area contributed by atoms with E-state index in [9.17, 15) is 18.0 Å². The molecule has 1 heterocycles. The molecule has 0 saturated heterocycles. The Morgan fingerprint density at radius 1 is 1.50 bits per heavy atom. The number of pyridine rings is 1. The number of esters is 1. The summed E-state index contributed by atoms with van der Waals surface area (Å²) in [6.07, 6.45) is -2.62. The number of carbonyl (C=O) groups excluding carboxylic acids is 1. The number of carbonyl (C=O) groups is 1. The van der Waals surface area contributed by atoms with Crippen molar-refractivity contribution in [1.82, 2.24) is 4.98 Å². The van der Waals surface area contributed by atoms with E-state index in [-0.39, 0.29) is 17.8 Å². The van der Waals surface area contributed by atoms with E-state index in [2.05, 4.69) is 4.98 Å². The van der Waals surface area contributed by atoms with Gasteiger partial charge in [-0.2, -0.15) is 13.2 Å². The van der Waals surface area contributed by atoms with Crippen LogP contribution in [0.1, 0.15) is 30.5 Å². The second-order valence-corrected chi connectivity index (χ2v) is 4.18. The van der Waals surface area contributed by atoms with Crippen molar-refractivity contribution in [2.75, 3.05) is 6.61 Å². The van der Waals surface area contributed by atoms with Crippen LogP contribution in [0.25, 0.3) is 0 Å². The van der Waals surface area contributed by atoms with Gasteiger partial charge in [0.25, 0.3) is 0 Å². The van der Waals surface area contributed by atoms with Crippen molar-refractivity contribution in [3.8, 4) is 0 Å². The Morgan fingerprint density at radius 2 is 2.22 bits per heavy atom. The van der Waals surface area contributed by atoms with Crippen molar-refractivity contribution in [3.05, 3.63) is 29.6 Å².